The van der Waals surface area contributed by atoms with Crippen LogP contribution in [0.25, 0.3) is 10.4 Å². The smallest absolute Gasteiger partial charge is 0.187 e. The van der Waals surface area contributed by atoms with Crippen LogP contribution >= 0.6 is 0 Å². The molecule has 0 saturated carbocycles. The number of azide groups is 1. The summed E-state index contributed by atoms with van der Waals surface area (Å²) in [5, 5.41) is 105. The quantitative estimate of drug-likeness (QED) is 0.0259. The fourth-order valence-electron chi connectivity index (χ4n) is 5.44. The molecule has 0 unspecified atom stereocenters. The SMILES string of the molecule is [N-]=[N+]=NCCCCCCCCO[C@@H]1O[C@@H]([C@@H](CO)O[C@@H]2O[C@@H]([C@@H](CO)O[C@@H]3O[C@@H]([C@H](O)CO)[C@H](O)[C@H]3O)[C@H](O)[C@H]2O)[C@H](O)[C@H]1O. The van der Waals surface area contributed by atoms with Gasteiger partial charge >= 0.3 is 0 Å². The Morgan fingerprint density at radius 1 is 0.600 bits per heavy atom. The van der Waals surface area contributed by atoms with Crippen molar-refractivity contribution in [2.75, 3.05) is 33.0 Å². The molecular formula is C26H47N3O16. The van der Waals surface area contributed by atoms with Crippen molar-refractivity contribution in [2.24, 2.45) is 5.11 Å². The Balaban J connectivity index is 1.49. The summed E-state index contributed by atoms with van der Waals surface area (Å²) in [5.74, 6) is 0. The van der Waals surface area contributed by atoms with Crippen molar-refractivity contribution in [3.63, 3.8) is 0 Å². The van der Waals surface area contributed by atoms with Crippen LogP contribution in [0.15, 0.2) is 5.11 Å². The molecule has 262 valence electrons. The molecule has 19 heteroatoms. The Labute approximate surface area is 259 Å². The van der Waals surface area contributed by atoms with Gasteiger partial charge in [-0.1, -0.05) is 30.8 Å². The molecule has 0 amide bonds. The molecule has 10 N–H and O–H groups in total. The molecular weight excluding hydrogens is 610 g/mol. The number of hydrogen-bond acceptors (Lipinski definition) is 17. The van der Waals surface area contributed by atoms with Crippen LogP contribution < -0.4 is 0 Å². The Kier molecular flexibility index (Phi) is 16.0. The molecule has 19 nitrogen and oxygen atoms in total. The third-order valence-electron chi connectivity index (χ3n) is 8.04. The van der Waals surface area contributed by atoms with E-state index in [-0.39, 0.29) is 6.61 Å². The van der Waals surface area contributed by atoms with Crippen molar-refractivity contribution < 1.29 is 79.5 Å². The molecule has 3 fully saturated rings. The van der Waals surface area contributed by atoms with Crippen LogP contribution in [-0.4, -0.2) is 176 Å². The van der Waals surface area contributed by atoms with Gasteiger partial charge in [0.1, 0.15) is 73.2 Å². The average Bonchev–Trinajstić information content (AvgIpc) is 3.60. The van der Waals surface area contributed by atoms with E-state index < -0.39 is 112 Å². The minimum Gasteiger partial charge on any atom is -0.394 e. The first-order valence-electron chi connectivity index (χ1n) is 15.1. The van der Waals surface area contributed by atoms with Gasteiger partial charge in [-0.15, -0.1) is 0 Å². The lowest BCUT2D eigenvalue weighted by molar-refractivity contribution is -0.261. The summed E-state index contributed by atoms with van der Waals surface area (Å²) in [4.78, 5) is 2.70. The minimum absolute atomic E-state index is 0.224. The Bertz CT molecular complexity index is 904. The number of unbranched alkanes of at least 4 members (excludes halogenated alkanes) is 5. The van der Waals surface area contributed by atoms with E-state index in [9.17, 15) is 46.0 Å². The van der Waals surface area contributed by atoms with Gasteiger partial charge in [0.05, 0.1) is 19.8 Å². The number of aliphatic hydroxyl groups excluding tert-OH is 10. The summed E-state index contributed by atoms with van der Waals surface area (Å²) >= 11 is 0. The molecule has 0 aromatic rings. The van der Waals surface area contributed by atoms with Gasteiger partial charge < -0.3 is 79.5 Å². The van der Waals surface area contributed by atoms with E-state index in [2.05, 4.69) is 10.0 Å². The molecule has 0 bridgehead atoms. The third-order valence-corrected chi connectivity index (χ3v) is 8.04. The second-order valence-electron chi connectivity index (χ2n) is 11.3. The molecule has 3 heterocycles. The van der Waals surface area contributed by atoms with Crippen molar-refractivity contribution in [3.05, 3.63) is 10.4 Å². The zero-order valence-corrected chi connectivity index (χ0v) is 24.7. The van der Waals surface area contributed by atoms with Crippen molar-refractivity contribution in [2.45, 2.75) is 131 Å². The lowest BCUT2D eigenvalue weighted by atomic mass is 10.0. The summed E-state index contributed by atoms with van der Waals surface area (Å²) in [6, 6.07) is 0. The topological polar surface area (TPSA) is 306 Å². The number of nitrogens with zero attached hydrogens (tertiary/aromatic N) is 3. The largest absolute Gasteiger partial charge is 0.394 e. The van der Waals surface area contributed by atoms with Crippen molar-refractivity contribution in [3.8, 4) is 0 Å². The monoisotopic (exact) mass is 657 g/mol. The van der Waals surface area contributed by atoms with Gasteiger partial charge in [0.25, 0.3) is 0 Å². The maximum Gasteiger partial charge on any atom is 0.187 e. The summed E-state index contributed by atoms with van der Waals surface area (Å²) in [5.41, 5.74) is 8.27. The first kappa shape index (κ1) is 38.1. The van der Waals surface area contributed by atoms with Crippen LogP contribution in [0, 0.1) is 0 Å². The highest BCUT2D eigenvalue weighted by molar-refractivity contribution is 4.96. The third kappa shape index (κ3) is 9.84. The van der Waals surface area contributed by atoms with Crippen LogP contribution in [0.5, 0.6) is 0 Å². The summed E-state index contributed by atoms with van der Waals surface area (Å²) in [7, 11) is 0. The Hall–Kier alpha value is -1.33. The van der Waals surface area contributed by atoms with Gasteiger partial charge in [0.15, 0.2) is 18.9 Å². The predicted octanol–water partition coefficient (Wildman–Crippen LogP) is -3.90. The molecule has 3 aliphatic rings. The minimum atomic E-state index is -1.75. The number of aliphatic hydroxyl groups is 10. The Morgan fingerprint density at radius 3 is 1.56 bits per heavy atom. The molecule has 0 aromatic carbocycles. The van der Waals surface area contributed by atoms with E-state index in [0.29, 0.717) is 13.0 Å². The molecule has 3 aliphatic heterocycles. The van der Waals surface area contributed by atoms with Crippen LogP contribution in [0.1, 0.15) is 38.5 Å². The average molecular weight is 658 g/mol. The van der Waals surface area contributed by atoms with Gasteiger partial charge in [-0.25, -0.2) is 0 Å². The highest BCUT2D eigenvalue weighted by atomic mass is 16.8. The Morgan fingerprint density at radius 2 is 1.04 bits per heavy atom. The highest BCUT2D eigenvalue weighted by Crippen LogP contribution is 2.33. The van der Waals surface area contributed by atoms with Gasteiger partial charge in [-0.05, 0) is 18.4 Å². The zero-order chi connectivity index (χ0) is 33.1. The fraction of sp³-hybridized carbons (Fsp3) is 1.00. The molecule has 0 aliphatic carbocycles. The maximum atomic E-state index is 10.6. The summed E-state index contributed by atoms with van der Waals surface area (Å²) < 4.78 is 33.1. The molecule has 15 atom stereocenters. The highest BCUT2D eigenvalue weighted by Gasteiger charge is 2.54. The maximum absolute atomic E-state index is 10.6. The molecule has 0 radical (unpaired) electrons. The van der Waals surface area contributed by atoms with Crippen molar-refractivity contribution in [1.29, 1.82) is 0 Å². The van der Waals surface area contributed by atoms with Crippen LogP contribution in [-0.2, 0) is 28.4 Å². The predicted molar refractivity (Wildman–Crippen MR) is 147 cm³/mol. The molecule has 0 spiro atoms. The first-order valence-corrected chi connectivity index (χ1v) is 15.1. The van der Waals surface area contributed by atoms with Crippen LogP contribution in [0.3, 0.4) is 0 Å². The van der Waals surface area contributed by atoms with Crippen LogP contribution in [0.4, 0.5) is 0 Å². The van der Waals surface area contributed by atoms with E-state index in [1.807, 2.05) is 0 Å². The van der Waals surface area contributed by atoms with E-state index in [1.54, 1.807) is 0 Å². The van der Waals surface area contributed by atoms with Gasteiger partial charge in [-0.2, -0.15) is 0 Å². The van der Waals surface area contributed by atoms with E-state index in [4.69, 9.17) is 39.1 Å². The second-order valence-corrected chi connectivity index (χ2v) is 11.3. The zero-order valence-electron chi connectivity index (χ0n) is 24.7. The number of ether oxygens (including phenoxy) is 6. The first-order chi connectivity index (χ1) is 21.6. The van der Waals surface area contributed by atoms with Gasteiger partial charge in [0.2, 0.25) is 0 Å². The molecule has 45 heavy (non-hydrogen) atoms. The van der Waals surface area contributed by atoms with E-state index in [0.717, 1.165) is 32.1 Å². The summed E-state index contributed by atoms with van der Waals surface area (Å²) in [6.45, 7) is -1.67. The fourth-order valence-corrected chi connectivity index (χ4v) is 5.44. The summed E-state index contributed by atoms with van der Waals surface area (Å²) in [6.07, 6.45) is -17.8. The lowest BCUT2D eigenvalue weighted by Crippen LogP contribution is -2.46. The van der Waals surface area contributed by atoms with Gasteiger partial charge in [-0.3, -0.25) is 0 Å². The van der Waals surface area contributed by atoms with E-state index >= 15 is 0 Å². The van der Waals surface area contributed by atoms with Gasteiger partial charge in [0, 0.05) is 18.1 Å². The molecule has 0 aromatic heterocycles. The van der Waals surface area contributed by atoms with E-state index in [1.165, 1.54) is 0 Å². The number of hydrogen-bond donors (Lipinski definition) is 10. The normalized spacial score (nSPS) is 38.7. The molecule has 3 saturated heterocycles. The van der Waals surface area contributed by atoms with Crippen molar-refractivity contribution >= 4 is 0 Å². The second kappa shape index (κ2) is 18.9. The van der Waals surface area contributed by atoms with Crippen LogP contribution in [0.2, 0.25) is 0 Å². The number of rotatable bonds is 20. The van der Waals surface area contributed by atoms with Crippen molar-refractivity contribution in [1.82, 2.24) is 0 Å². The lowest BCUT2D eigenvalue weighted by Gasteiger charge is -2.29. The standard InChI is InChI=1S/C26H47N3O16/c27-29-28-7-5-3-1-2-4-6-8-40-24-18(37)16(35)22(44-24)13(10-31)42-26-20(39)17(36)23(45-26)14(11-32)41-25-19(38)15(34)21(43-25)12(33)9-30/h12-26,30-39H,1-11H2/t12-,13-,14-,15-,16-,17-,18-,19-,20-,21+,22+,23+,24-,25-,26-/m1/s1. The molecule has 3 rings (SSSR count).